The molecule has 3 aromatic rings. The Balaban J connectivity index is 1.71. The second-order valence-electron chi connectivity index (χ2n) is 5.68. The van der Waals surface area contributed by atoms with Gasteiger partial charge in [0, 0.05) is 18.9 Å². The second kappa shape index (κ2) is 7.93. The molecule has 1 amide bonds. The van der Waals surface area contributed by atoms with Gasteiger partial charge in [0.25, 0.3) is 0 Å². The first kappa shape index (κ1) is 16.5. The standard InChI is InChI=1S/C19H21N3OS/c1-2-17(15-7-4-3-5-8-15)19(23)20-13-18(16-9-12-24-14-16)22-11-6-10-21-22/h3-12,14,17-18H,2,13H2,1H3,(H,20,23)/t17-,18-/m0/s1. The minimum absolute atomic E-state index is 0.0171. The summed E-state index contributed by atoms with van der Waals surface area (Å²) in [5.41, 5.74) is 2.22. The largest absolute Gasteiger partial charge is 0.353 e. The van der Waals surface area contributed by atoms with E-state index in [2.05, 4.69) is 21.9 Å². The van der Waals surface area contributed by atoms with Crippen LogP contribution in [0.25, 0.3) is 0 Å². The van der Waals surface area contributed by atoms with E-state index in [0.29, 0.717) is 6.54 Å². The molecular formula is C19H21N3OS. The fraction of sp³-hybridized carbons (Fsp3) is 0.263. The average Bonchev–Trinajstić information content (AvgIpc) is 3.31. The van der Waals surface area contributed by atoms with Gasteiger partial charge in [-0.25, -0.2) is 0 Å². The summed E-state index contributed by atoms with van der Waals surface area (Å²) in [6.45, 7) is 2.57. The van der Waals surface area contributed by atoms with Gasteiger partial charge in [0.15, 0.2) is 0 Å². The number of amides is 1. The summed E-state index contributed by atoms with van der Waals surface area (Å²) in [4.78, 5) is 12.7. The number of hydrogen-bond donors (Lipinski definition) is 1. The first-order chi connectivity index (χ1) is 11.8. The molecule has 3 rings (SSSR count). The van der Waals surface area contributed by atoms with E-state index in [9.17, 15) is 4.79 Å². The Morgan fingerprint density at radius 3 is 2.67 bits per heavy atom. The van der Waals surface area contributed by atoms with Gasteiger partial charge >= 0.3 is 0 Å². The summed E-state index contributed by atoms with van der Waals surface area (Å²) < 4.78 is 1.89. The summed E-state index contributed by atoms with van der Waals surface area (Å²) in [6, 6.07) is 13.9. The van der Waals surface area contributed by atoms with Crippen molar-refractivity contribution < 1.29 is 4.79 Å². The van der Waals surface area contributed by atoms with Crippen molar-refractivity contribution in [2.75, 3.05) is 6.54 Å². The minimum Gasteiger partial charge on any atom is -0.353 e. The number of nitrogens with zero attached hydrogens (tertiary/aromatic N) is 2. The van der Waals surface area contributed by atoms with Crippen LogP contribution in [0.4, 0.5) is 0 Å². The van der Waals surface area contributed by atoms with Gasteiger partial charge in [-0.1, -0.05) is 37.3 Å². The highest BCUT2D eigenvalue weighted by molar-refractivity contribution is 7.07. The molecule has 24 heavy (non-hydrogen) atoms. The predicted molar refractivity (Wildman–Crippen MR) is 97.2 cm³/mol. The second-order valence-corrected chi connectivity index (χ2v) is 6.46. The molecule has 0 saturated heterocycles. The predicted octanol–water partition coefficient (Wildman–Crippen LogP) is 3.84. The van der Waals surface area contributed by atoms with Gasteiger partial charge < -0.3 is 5.32 Å². The van der Waals surface area contributed by atoms with Crippen molar-refractivity contribution in [3.05, 3.63) is 76.7 Å². The molecule has 2 aromatic heterocycles. The molecule has 4 nitrogen and oxygen atoms in total. The lowest BCUT2D eigenvalue weighted by molar-refractivity contribution is -0.122. The summed E-state index contributed by atoms with van der Waals surface area (Å²) >= 11 is 1.65. The monoisotopic (exact) mass is 339 g/mol. The zero-order chi connectivity index (χ0) is 16.8. The number of carbonyl (C=O) groups is 1. The van der Waals surface area contributed by atoms with Gasteiger partial charge in [-0.2, -0.15) is 16.4 Å². The normalized spacial score (nSPS) is 13.4. The smallest absolute Gasteiger partial charge is 0.227 e. The van der Waals surface area contributed by atoms with E-state index in [0.717, 1.165) is 17.5 Å². The maximum atomic E-state index is 12.7. The molecule has 0 aliphatic carbocycles. The quantitative estimate of drug-likeness (QED) is 0.711. The number of thiophene rings is 1. The lowest BCUT2D eigenvalue weighted by Gasteiger charge is -2.20. The van der Waals surface area contributed by atoms with E-state index >= 15 is 0 Å². The average molecular weight is 339 g/mol. The Bertz CT molecular complexity index is 704. The summed E-state index contributed by atoms with van der Waals surface area (Å²) in [6.07, 6.45) is 4.48. The highest BCUT2D eigenvalue weighted by Gasteiger charge is 2.21. The van der Waals surface area contributed by atoms with Crippen molar-refractivity contribution in [2.24, 2.45) is 0 Å². The van der Waals surface area contributed by atoms with Gasteiger partial charge in [-0.3, -0.25) is 9.48 Å². The number of carbonyl (C=O) groups excluding carboxylic acids is 1. The molecule has 0 fully saturated rings. The van der Waals surface area contributed by atoms with Gasteiger partial charge in [-0.05, 0) is 40.4 Å². The maximum absolute atomic E-state index is 12.7. The molecule has 0 aliphatic heterocycles. The van der Waals surface area contributed by atoms with Crippen LogP contribution in [0.15, 0.2) is 65.6 Å². The minimum atomic E-state index is -0.119. The van der Waals surface area contributed by atoms with E-state index in [4.69, 9.17) is 0 Å². The van der Waals surface area contributed by atoms with Crippen LogP contribution in [-0.2, 0) is 4.79 Å². The number of rotatable bonds is 7. The van der Waals surface area contributed by atoms with Crippen molar-refractivity contribution in [3.63, 3.8) is 0 Å². The Kier molecular flexibility index (Phi) is 5.43. The van der Waals surface area contributed by atoms with E-state index in [-0.39, 0.29) is 17.9 Å². The summed E-state index contributed by atoms with van der Waals surface area (Å²) in [5, 5.41) is 11.6. The van der Waals surface area contributed by atoms with Crippen LogP contribution in [-0.4, -0.2) is 22.2 Å². The SMILES string of the molecule is CC[C@H](C(=O)NC[C@@H](c1ccsc1)n1cccn1)c1ccccc1. The third kappa shape index (κ3) is 3.74. The van der Waals surface area contributed by atoms with Crippen LogP contribution in [0.1, 0.15) is 36.4 Å². The van der Waals surface area contributed by atoms with Crippen molar-refractivity contribution in [2.45, 2.75) is 25.3 Å². The Labute approximate surface area is 146 Å². The summed E-state index contributed by atoms with van der Waals surface area (Å²) in [7, 11) is 0. The molecule has 1 aromatic carbocycles. The van der Waals surface area contributed by atoms with Crippen molar-refractivity contribution in [3.8, 4) is 0 Å². The molecule has 2 heterocycles. The Morgan fingerprint density at radius 1 is 1.21 bits per heavy atom. The third-order valence-electron chi connectivity index (χ3n) is 4.17. The zero-order valence-corrected chi connectivity index (χ0v) is 14.4. The molecule has 0 aliphatic rings. The van der Waals surface area contributed by atoms with Gasteiger partial charge in [0.05, 0.1) is 12.0 Å². The van der Waals surface area contributed by atoms with Crippen LogP contribution in [0, 0.1) is 0 Å². The molecule has 1 N–H and O–H groups in total. The Morgan fingerprint density at radius 2 is 2.04 bits per heavy atom. The van der Waals surface area contributed by atoms with Crippen molar-refractivity contribution in [1.82, 2.24) is 15.1 Å². The van der Waals surface area contributed by atoms with E-state index in [1.807, 2.05) is 59.6 Å². The molecule has 0 unspecified atom stereocenters. The first-order valence-electron chi connectivity index (χ1n) is 8.13. The highest BCUT2D eigenvalue weighted by atomic mass is 32.1. The molecule has 5 heteroatoms. The lowest BCUT2D eigenvalue weighted by atomic mass is 9.95. The molecule has 2 atom stereocenters. The summed E-state index contributed by atoms with van der Waals surface area (Å²) in [5.74, 6) is -0.0527. The van der Waals surface area contributed by atoms with Crippen LogP contribution in [0.2, 0.25) is 0 Å². The van der Waals surface area contributed by atoms with E-state index in [1.54, 1.807) is 17.5 Å². The number of aromatic nitrogens is 2. The van der Waals surface area contributed by atoms with Crippen LogP contribution in [0.5, 0.6) is 0 Å². The van der Waals surface area contributed by atoms with Crippen molar-refractivity contribution in [1.29, 1.82) is 0 Å². The number of hydrogen-bond acceptors (Lipinski definition) is 3. The molecule has 0 saturated carbocycles. The molecule has 0 spiro atoms. The maximum Gasteiger partial charge on any atom is 0.227 e. The topological polar surface area (TPSA) is 46.9 Å². The number of benzene rings is 1. The van der Waals surface area contributed by atoms with Gasteiger partial charge in [0.2, 0.25) is 5.91 Å². The molecular weight excluding hydrogens is 318 g/mol. The van der Waals surface area contributed by atoms with Crippen LogP contribution < -0.4 is 5.32 Å². The number of nitrogens with one attached hydrogen (secondary N) is 1. The van der Waals surface area contributed by atoms with E-state index < -0.39 is 0 Å². The molecule has 124 valence electrons. The van der Waals surface area contributed by atoms with E-state index in [1.165, 1.54) is 0 Å². The lowest BCUT2D eigenvalue weighted by Crippen LogP contribution is -2.34. The Hall–Kier alpha value is -2.40. The van der Waals surface area contributed by atoms with Crippen molar-refractivity contribution >= 4 is 17.2 Å². The molecule has 0 bridgehead atoms. The van der Waals surface area contributed by atoms with Gasteiger partial charge in [-0.15, -0.1) is 0 Å². The fourth-order valence-corrected chi connectivity index (χ4v) is 3.58. The highest BCUT2D eigenvalue weighted by Crippen LogP contribution is 2.22. The third-order valence-corrected chi connectivity index (χ3v) is 4.87. The van der Waals surface area contributed by atoms with Gasteiger partial charge in [0.1, 0.15) is 0 Å². The first-order valence-corrected chi connectivity index (χ1v) is 9.07. The molecule has 0 radical (unpaired) electrons. The van der Waals surface area contributed by atoms with Crippen LogP contribution >= 0.6 is 11.3 Å². The fourth-order valence-electron chi connectivity index (χ4n) is 2.87. The zero-order valence-electron chi connectivity index (χ0n) is 13.6. The van der Waals surface area contributed by atoms with Crippen LogP contribution in [0.3, 0.4) is 0 Å².